The molecule has 1 aromatic carbocycles. The molecule has 0 radical (unpaired) electrons. The van der Waals surface area contributed by atoms with Crippen LogP contribution in [0.4, 0.5) is 0 Å². The second-order valence-electron chi connectivity index (χ2n) is 3.29. The first-order chi connectivity index (χ1) is 7.31. The number of amides is 1. The highest BCUT2D eigenvalue weighted by molar-refractivity contribution is 5.84. The molecule has 0 atom stereocenters. The second kappa shape index (κ2) is 4.14. The van der Waals surface area contributed by atoms with E-state index >= 15 is 0 Å². The molecule has 0 saturated heterocycles. The smallest absolute Gasteiger partial charge is 0.245 e. The molecule has 4 heteroatoms. The van der Waals surface area contributed by atoms with Crippen molar-refractivity contribution in [1.82, 2.24) is 10.3 Å². The van der Waals surface area contributed by atoms with Gasteiger partial charge in [0.2, 0.25) is 5.91 Å². The molecular weight excluding hydrogens is 192 g/mol. The van der Waals surface area contributed by atoms with E-state index in [2.05, 4.69) is 10.3 Å². The number of aromatic amines is 1. The van der Waals surface area contributed by atoms with Crippen LogP contribution < -0.4 is 5.32 Å². The van der Waals surface area contributed by atoms with Crippen LogP contribution in [0, 0.1) is 0 Å². The maximum atomic E-state index is 10.9. The zero-order valence-electron chi connectivity index (χ0n) is 8.16. The summed E-state index contributed by atoms with van der Waals surface area (Å²) in [7, 11) is 0. The van der Waals surface area contributed by atoms with E-state index in [1.54, 1.807) is 0 Å². The van der Waals surface area contributed by atoms with Gasteiger partial charge in [-0.05, 0) is 11.6 Å². The molecule has 1 amide bonds. The average Bonchev–Trinajstić information content (AvgIpc) is 2.69. The Balaban J connectivity index is 2.18. The summed E-state index contributed by atoms with van der Waals surface area (Å²) in [6.07, 6.45) is 1.86. The number of nitrogens with one attached hydrogen (secondary N) is 2. The lowest BCUT2D eigenvalue weighted by Crippen LogP contribution is -2.25. The number of hydrogen-bond donors (Lipinski definition) is 3. The Bertz CT molecular complexity index is 476. The molecular formula is C11H12N2O2. The molecule has 15 heavy (non-hydrogen) atoms. The van der Waals surface area contributed by atoms with Gasteiger partial charge in [-0.15, -0.1) is 0 Å². The number of fused-ring (bicyclic) bond motifs is 1. The van der Waals surface area contributed by atoms with Crippen LogP contribution in [0.2, 0.25) is 0 Å². The van der Waals surface area contributed by atoms with E-state index in [1.807, 2.05) is 30.5 Å². The number of aliphatic hydroxyl groups excluding tert-OH is 1. The summed E-state index contributed by atoms with van der Waals surface area (Å²) >= 11 is 0. The quantitative estimate of drug-likeness (QED) is 0.691. The first-order valence-electron chi connectivity index (χ1n) is 4.74. The highest BCUT2D eigenvalue weighted by Gasteiger charge is 2.03. The average molecular weight is 204 g/mol. The third kappa shape index (κ3) is 1.99. The van der Waals surface area contributed by atoms with Crippen LogP contribution >= 0.6 is 0 Å². The standard InChI is InChI=1S/C11H12N2O2/c14-7-11(15)13-6-8-5-12-10-4-2-1-3-9(8)10/h1-5,12,14H,6-7H2,(H,13,15). The SMILES string of the molecule is O=C(CO)NCc1c[nH]c2ccccc12. The molecule has 78 valence electrons. The Labute approximate surface area is 86.9 Å². The summed E-state index contributed by atoms with van der Waals surface area (Å²) in [5, 5.41) is 12.3. The largest absolute Gasteiger partial charge is 0.387 e. The van der Waals surface area contributed by atoms with E-state index in [1.165, 1.54) is 0 Å². The number of rotatable bonds is 3. The van der Waals surface area contributed by atoms with E-state index in [0.717, 1.165) is 16.5 Å². The molecule has 0 aliphatic carbocycles. The fourth-order valence-corrected chi connectivity index (χ4v) is 1.53. The van der Waals surface area contributed by atoms with Crippen molar-refractivity contribution < 1.29 is 9.90 Å². The number of aliphatic hydroxyl groups is 1. The third-order valence-corrected chi connectivity index (χ3v) is 2.29. The van der Waals surface area contributed by atoms with Crippen LogP contribution in [0.3, 0.4) is 0 Å². The van der Waals surface area contributed by atoms with Gasteiger partial charge in [0, 0.05) is 23.6 Å². The van der Waals surface area contributed by atoms with Crippen LogP contribution in [-0.4, -0.2) is 22.6 Å². The van der Waals surface area contributed by atoms with Gasteiger partial charge in [-0.2, -0.15) is 0 Å². The van der Waals surface area contributed by atoms with Crippen molar-refractivity contribution in [3.63, 3.8) is 0 Å². The first kappa shape index (κ1) is 9.73. The summed E-state index contributed by atoms with van der Waals surface area (Å²) in [6, 6.07) is 7.88. The molecule has 0 saturated carbocycles. The zero-order valence-corrected chi connectivity index (χ0v) is 8.16. The predicted octanol–water partition coefficient (Wildman–Crippen LogP) is 0.776. The van der Waals surface area contributed by atoms with Crippen molar-refractivity contribution in [2.24, 2.45) is 0 Å². The van der Waals surface area contributed by atoms with E-state index in [4.69, 9.17) is 5.11 Å². The first-order valence-corrected chi connectivity index (χ1v) is 4.74. The molecule has 2 aromatic rings. The molecule has 0 unspecified atom stereocenters. The Hall–Kier alpha value is -1.81. The lowest BCUT2D eigenvalue weighted by Gasteiger charge is -2.01. The number of hydrogen-bond acceptors (Lipinski definition) is 2. The topological polar surface area (TPSA) is 65.1 Å². The van der Waals surface area contributed by atoms with Crippen LogP contribution in [0.1, 0.15) is 5.56 Å². The van der Waals surface area contributed by atoms with Gasteiger partial charge in [-0.3, -0.25) is 4.79 Å². The van der Waals surface area contributed by atoms with Gasteiger partial charge in [0.1, 0.15) is 6.61 Å². The minimum atomic E-state index is -0.470. The molecule has 0 bridgehead atoms. The van der Waals surface area contributed by atoms with Crippen molar-refractivity contribution in [3.05, 3.63) is 36.0 Å². The summed E-state index contributed by atoms with van der Waals surface area (Å²) in [5.74, 6) is -0.361. The van der Waals surface area contributed by atoms with Crippen molar-refractivity contribution >= 4 is 16.8 Å². The molecule has 1 heterocycles. The molecule has 3 N–H and O–H groups in total. The fourth-order valence-electron chi connectivity index (χ4n) is 1.53. The number of benzene rings is 1. The third-order valence-electron chi connectivity index (χ3n) is 2.29. The molecule has 0 aliphatic rings. The maximum Gasteiger partial charge on any atom is 0.245 e. The minimum Gasteiger partial charge on any atom is -0.387 e. The van der Waals surface area contributed by atoms with Crippen LogP contribution in [0.5, 0.6) is 0 Å². The number of carbonyl (C=O) groups is 1. The molecule has 0 aliphatic heterocycles. The lowest BCUT2D eigenvalue weighted by atomic mass is 10.2. The van der Waals surface area contributed by atoms with Gasteiger partial charge in [-0.25, -0.2) is 0 Å². The van der Waals surface area contributed by atoms with Gasteiger partial charge in [-0.1, -0.05) is 18.2 Å². The van der Waals surface area contributed by atoms with Crippen molar-refractivity contribution in [1.29, 1.82) is 0 Å². The summed E-state index contributed by atoms with van der Waals surface area (Å²) < 4.78 is 0. The molecule has 1 aromatic heterocycles. The van der Waals surface area contributed by atoms with E-state index < -0.39 is 6.61 Å². The van der Waals surface area contributed by atoms with E-state index in [-0.39, 0.29) is 5.91 Å². The van der Waals surface area contributed by atoms with Gasteiger partial charge >= 0.3 is 0 Å². The van der Waals surface area contributed by atoms with E-state index in [0.29, 0.717) is 6.54 Å². The summed E-state index contributed by atoms with van der Waals surface area (Å²) in [5.41, 5.74) is 2.07. The molecule has 4 nitrogen and oxygen atoms in total. The second-order valence-corrected chi connectivity index (χ2v) is 3.29. The molecule has 2 rings (SSSR count). The highest BCUT2D eigenvalue weighted by atomic mass is 16.3. The summed E-state index contributed by atoms with van der Waals surface area (Å²) in [4.78, 5) is 14.0. The highest BCUT2D eigenvalue weighted by Crippen LogP contribution is 2.16. The van der Waals surface area contributed by atoms with Crippen molar-refractivity contribution in [2.75, 3.05) is 6.61 Å². The Kier molecular flexibility index (Phi) is 2.69. The van der Waals surface area contributed by atoms with Gasteiger partial charge in [0.05, 0.1) is 0 Å². The van der Waals surface area contributed by atoms with Crippen LogP contribution in [0.25, 0.3) is 10.9 Å². The zero-order chi connectivity index (χ0) is 10.7. The molecule has 0 fully saturated rings. The van der Waals surface area contributed by atoms with E-state index in [9.17, 15) is 4.79 Å². The van der Waals surface area contributed by atoms with Crippen molar-refractivity contribution in [2.45, 2.75) is 6.54 Å². The normalized spacial score (nSPS) is 10.5. The Morgan fingerprint density at radius 2 is 2.20 bits per heavy atom. The predicted molar refractivity (Wildman–Crippen MR) is 57.2 cm³/mol. The fraction of sp³-hybridized carbons (Fsp3) is 0.182. The monoisotopic (exact) mass is 204 g/mol. The van der Waals surface area contributed by atoms with Crippen molar-refractivity contribution in [3.8, 4) is 0 Å². The molecule has 0 spiro atoms. The minimum absolute atomic E-state index is 0.361. The van der Waals surface area contributed by atoms with Gasteiger partial charge < -0.3 is 15.4 Å². The number of aromatic nitrogens is 1. The number of carbonyl (C=O) groups excluding carboxylic acids is 1. The number of H-pyrrole nitrogens is 1. The Morgan fingerprint density at radius 1 is 1.40 bits per heavy atom. The van der Waals surface area contributed by atoms with Gasteiger partial charge in [0.25, 0.3) is 0 Å². The number of para-hydroxylation sites is 1. The summed E-state index contributed by atoms with van der Waals surface area (Å²) in [6.45, 7) is -0.0360. The Morgan fingerprint density at radius 3 is 3.00 bits per heavy atom. The lowest BCUT2D eigenvalue weighted by molar-refractivity contribution is -0.123. The van der Waals surface area contributed by atoms with Gasteiger partial charge in [0.15, 0.2) is 0 Å². The van der Waals surface area contributed by atoms with Crippen LogP contribution in [-0.2, 0) is 11.3 Å². The maximum absolute atomic E-state index is 10.9. The van der Waals surface area contributed by atoms with Crippen LogP contribution in [0.15, 0.2) is 30.5 Å².